The van der Waals surface area contributed by atoms with Crippen LogP contribution in [0.5, 0.6) is 0 Å². The van der Waals surface area contributed by atoms with E-state index in [9.17, 15) is 0 Å². The Kier molecular flexibility index (Phi) is 10.1. The van der Waals surface area contributed by atoms with Gasteiger partial charge in [-0.05, 0) is 56.3 Å². The summed E-state index contributed by atoms with van der Waals surface area (Å²) in [4.78, 5) is 14.3. The van der Waals surface area contributed by atoms with Crippen molar-refractivity contribution < 1.29 is 0 Å². The van der Waals surface area contributed by atoms with Crippen molar-refractivity contribution in [1.82, 2.24) is 25.5 Å². The van der Waals surface area contributed by atoms with Crippen molar-refractivity contribution in [2.45, 2.75) is 89.4 Å². The molecule has 1 aromatic heterocycles. The molecule has 1 aliphatic heterocycles. The number of hydrogen-bond donors (Lipinski definition) is 4. The number of aromatic nitrogens is 2. The van der Waals surface area contributed by atoms with Gasteiger partial charge in [-0.15, -0.1) is 0 Å². The van der Waals surface area contributed by atoms with Crippen LogP contribution in [-0.2, 0) is 13.1 Å². The quantitative estimate of drug-likeness (QED) is 0.310. The number of nitrogens with two attached hydrogens (primary N) is 1. The van der Waals surface area contributed by atoms with E-state index in [0.29, 0.717) is 18.3 Å². The van der Waals surface area contributed by atoms with Crippen LogP contribution in [0.3, 0.4) is 0 Å². The summed E-state index contributed by atoms with van der Waals surface area (Å²) in [6.45, 7) is 7.97. The van der Waals surface area contributed by atoms with Gasteiger partial charge in [0, 0.05) is 57.4 Å². The predicted octanol–water partition coefficient (Wildman–Crippen LogP) is 4.14. The Balaban J connectivity index is 1.01. The van der Waals surface area contributed by atoms with E-state index in [2.05, 4.69) is 55.0 Å². The molecule has 8 heteroatoms. The molecule has 0 unspecified atom stereocenters. The highest BCUT2D eigenvalue weighted by atomic mass is 15.3. The van der Waals surface area contributed by atoms with Crippen LogP contribution >= 0.6 is 0 Å². The lowest BCUT2D eigenvalue weighted by Gasteiger charge is -2.38. The lowest BCUT2D eigenvalue weighted by molar-refractivity contribution is 0.187. The molecule has 1 aromatic carbocycles. The van der Waals surface area contributed by atoms with E-state index < -0.39 is 0 Å². The highest BCUT2D eigenvalue weighted by Gasteiger charge is 2.26. The molecule has 8 nitrogen and oxygen atoms in total. The van der Waals surface area contributed by atoms with Crippen molar-refractivity contribution in [2.24, 2.45) is 0 Å². The largest absolute Gasteiger partial charge is 0.383 e. The van der Waals surface area contributed by atoms with Crippen LogP contribution in [0, 0.1) is 0 Å². The van der Waals surface area contributed by atoms with Crippen LogP contribution in [0.1, 0.15) is 75.3 Å². The zero-order chi connectivity index (χ0) is 26.0. The molecule has 1 saturated heterocycles. The predicted molar refractivity (Wildman–Crippen MR) is 157 cm³/mol. The highest BCUT2D eigenvalue weighted by molar-refractivity contribution is 5.52. The summed E-state index contributed by atoms with van der Waals surface area (Å²) < 4.78 is 0. The van der Waals surface area contributed by atoms with Gasteiger partial charge in [0.25, 0.3) is 0 Å². The first-order valence-corrected chi connectivity index (χ1v) is 15.1. The van der Waals surface area contributed by atoms with Crippen LogP contribution in [0.15, 0.2) is 30.3 Å². The molecule has 0 atom stereocenters. The van der Waals surface area contributed by atoms with Crippen LogP contribution in [0.2, 0.25) is 0 Å². The maximum Gasteiger partial charge on any atom is 0.226 e. The summed E-state index contributed by atoms with van der Waals surface area (Å²) in [5, 5.41) is 10.7. The molecule has 2 aliphatic carbocycles. The van der Waals surface area contributed by atoms with E-state index in [1.165, 1.54) is 75.3 Å². The summed E-state index contributed by atoms with van der Waals surface area (Å²) in [6.07, 6.45) is 13.6. The number of rotatable bonds is 12. The molecule has 3 aliphatic rings. The Hall–Kier alpha value is -2.42. The summed E-state index contributed by atoms with van der Waals surface area (Å²) in [6, 6.07) is 12.2. The van der Waals surface area contributed by atoms with Gasteiger partial charge < -0.3 is 26.6 Å². The van der Waals surface area contributed by atoms with E-state index in [1.54, 1.807) is 0 Å². The zero-order valence-corrected chi connectivity index (χ0v) is 23.1. The second-order valence-corrected chi connectivity index (χ2v) is 11.4. The minimum atomic E-state index is 0.520. The van der Waals surface area contributed by atoms with Crippen molar-refractivity contribution in [3.8, 4) is 0 Å². The molecular weight excluding hydrogens is 472 g/mol. The lowest BCUT2D eigenvalue weighted by Crippen LogP contribution is -2.50. The minimum absolute atomic E-state index is 0.520. The summed E-state index contributed by atoms with van der Waals surface area (Å²) in [5.41, 5.74) is 8.68. The smallest absolute Gasteiger partial charge is 0.226 e. The fraction of sp³-hybridized carbons (Fsp3) is 0.667. The Morgan fingerprint density at radius 3 is 2.21 bits per heavy atom. The van der Waals surface area contributed by atoms with Gasteiger partial charge in [-0.25, -0.2) is 0 Å². The Labute approximate surface area is 229 Å². The van der Waals surface area contributed by atoms with Crippen LogP contribution in [0.4, 0.5) is 17.6 Å². The summed E-state index contributed by atoms with van der Waals surface area (Å²) >= 11 is 0. The first-order valence-electron chi connectivity index (χ1n) is 15.1. The van der Waals surface area contributed by atoms with Crippen LogP contribution < -0.4 is 26.6 Å². The maximum absolute atomic E-state index is 6.16. The molecule has 38 heavy (non-hydrogen) atoms. The fourth-order valence-corrected chi connectivity index (χ4v) is 6.29. The topological polar surface area (TPSA) is 94.4 Å². The number of nitrogen functional groups attached to an aromatic ring is 1. The molecule has 0 spiro atoms. The molecule has 2 heterocycles. The van der Waals surface area contributed by atoms with Gasteiger partial charge >= 0.3 is 0 Å². The average molecular weight is 521 g/mol. The minimum Gasteiger partial charge on any atom is -0.383 e. The van der Waals surface area contributed by atoms with E-state index in [4.69, 9.17) is 10.7 Å². The normalized spacial score (nSPS) is 19.7. The van der Waals surface area contributed by atoms with Crippen LogP contribution in [0.25, 0.3) is 0 Å². The third kappa shape index (κ3) is 8.04. The first-order chi connectivity index (χ1) is 18.7. The fourth-order valence-electron chi connectivity index (χ4n) is 6.29. The number of benzene rings is 1. The van der Waals surface area contributed by atoms with Crippen molar-refractivity contribution >= 4 is 17.6 Å². The van der Waals surface area contributed by atoms with Gasteiger partial charge in [0.1, 0.15) is 11.6 Å². The second kappa shape index (κ2) is 14.1. The maximum atomic E-state index is 6.16. The van der Waals surface area contributed by atoms with Gasteiger partial charge in [0.15, 0.2) is 0 Å². The Morgan fingerprint density at radius 1 is 0.789 bits per heavy atom. The lowest BCUT2D eigenvalue weighted by atomic mass is 9.95. The molecule has 5 N–H and O–H groups in total. The third-order valence-electron chi connectivity index (χ3n) is 8.58. The highest BCUT2D eigenvalue weighted by Crippen LogP contribution is 2.26. The Morgan fingerprint density at radius 2 is 1.47 bits per heavy atom. The molecule has 5 rings (SSSR count). The van der Waals surface area contributed by atoms with E-state index >= 15 is 0 Å². The van der Waals surface area contributed by atoms with Gasteiger partial charge in [-0.2, -0.15) is 9.97 Å². The summed E-state index contributed by atoms with van der Waals surface area (Å²) in [5.74, 6) is 2.05. The molecule has 0 radical (unpaired) electrons. The SMILES string of the molecule is Nc1cc(N2CCN(C3CCCC3)CC2)nc(NCc2ccc(CNCCCNC3CCCCC3)cc2)n1. The van der Waals surface area contributed by atoms with Gasteiger partial charge in [-0.1, -0.05) is 56.4 Å². The average Bonchev–Trinajstić information content (AvgIpc) is 3.50. The number of anilines is 3. The number of nitrogens with one attached hydrogen (secondary N) is 3. The van der Waals surface area contributed by atoms with Gasteiger partial charge in [0.2, 0.25) is 5.95 Å². The first kappa shape index (κ1) is 27.2. The Bertz CT molecular complexity index is 961. The molecule has 2 saturated carbocycles. The van der Waals surface area contributed by atoms with Crippen molar-refractivity contribution in [3.63, 3.8) is 0 Å². The third-order valence-corrected chi connectivity index (χ3v) is 8.58. The summed E-state index contributed by atoms with van der Waals surface area (Å²) in [7, 11) is 0. The molecule has 208 valence electrons. The van der Waals surface area contributed by atoms with Gasteiger partial charge in [0.05, 0.1) is 0 Å². The van der Waals surface area contributed by atoms with Gasteiger partial charge in [-0.3, -0.25) is 4.90 Å². The second-order valence-electron chi connectivity index (χ2n) is 11.4. The number of hydrogen-bond acceptors (Lipinski definition) is 8. The van der Waals surface area contributed by atoms with Crippen molar-refractivity contribution in [2.75, 3.05) is 55.2 Å². The van der Waals surface area contributed by atoms with Crippen molar-refractivity contribution in [1.29, 1.82) is 0 Å². The van der Waals surface area contributed by atoms with E-state index in [1.807, 2.05) is 6.07 Å². The standard InChI is InChI=1S/C30H48N8/c31-28-21-29(38-19-17-37(18-20-38)27-9-4-5-10-27)36-30(35-28)34-23-25-13-11-24(12-14-25)22-32-15-6-16-33-26-7-2-1-3-8-26/h11-14,21,26-27,32-33H,1-10,15-20,22-23H2,(H3,31,34,35,36). The number of nitrogens with zero attached hydrogens (tertiary/aromatic N) is 4. The van der Waals surface area contributed by atoms with Crippen molar-refractivity contribution in [3.05, 3.63) is 41.5 Å². The monoisotopic (exact) mass is 520 g/mol. The molecule has 2 aromatic rings. The zero-order valence-electron chi connectivity index (χ0n) is 23.1. The molecular formula is C30H48N8. The molecule has 3 fully saturated rings. The molecule has 0 bridgehead atoms. The van der Waals surface area contributed by atoms with E-state index in [0.717, 1.165) is 63.7 Å². The van der Waals surface area contributed by atoms with Crippen LogP contribution in [-0.4, -0.2) is 66.2 Å². The molecule has 0 amide bonds. The number of piperazine rings is 1. The van der Waals surface area contributed by atoms with E-state index in [-0.39, 0.29) is 0 Å².